The zero-order chi connectivity index (χ0) is 49.0. The molecule has 0 spiro atoms. The Hall–Kier alpha value is -7.27. The van der Waals surface area contributed by atoms with Crippen LogP contribution in [-0.4, -0.2) is 83.6 Å². The van der Waals surface area contributed by atoms with Gasteiger partial charge in [-0.05, 0) is 89.4 Å². The lowest BCUT2D eigenvalue weighted by atomic mass is 9.86. The van der Waals surface area contributed by atoms with Crippen LogP contribution in [0.5, 0.6) is 23.0 Å². The van der Waals surface area contributed by atoms with Crippen LogP contribution < -0.4 is 29.9 Å². The van der Waals surface area contributed by atoms with Crippen LogP contribution in [0.1, 0.15) is 58.3 Å². The first kappa shape index (κ1) is 47.4. The molecule has 7 aromatic rings. The van der Waals surface area contributed by atoms with Crippen molar-refractivity contribution in [3.05, 3.63) is 165 Å². The van der Waals surface area contributed by atoms with Crippen molar-refractivity contribution in [2.24, 2.45) is 5.92 Å². The first-order valence-electron chi connectivity index (χ1n) is 24.5. The standard InChI is InChI=1S/C59H59N3O9/c1-3-45-31-48-42-11-7-10-37(26-42)27-43-17-21-49-50(62(24-23-60-49)59(48)61-45)30-38-12-14-41(44(28-38)34-64)29-39(33-63)35-70-56-53(43)55-54(51(67)32-52(71-55)40-15-19-46(65)20-16-40)57(58(56)68-2)69-25-22-47(66)18-13-36-8-5-4-6-9-36/h4-16,18-20,26,28,31-32,39,43,47,49-50,60-61,63-66H,3,22-25,27,29-30,33-35H2,1-2H3/b18-13+/t39-,43-,47-,49-,50+/m0/s1. The Morgan fingerprint density at radius 1 is 0.901 bits per heavy atom. The second-order valence-corrected chi connectivity index (χ2v) is 18.7. The first-order chi connectivity index (χ1) is 34.7. The zero-order valence-corrected chi connectivity index (χ0v) is 40.0. The van der Waals surface area contributed by atoms with Crippen LogP contribution >= 0.6 is 0 Å². The van der Waals surface area contributed by atoms with Crippen molar-refractivity contribution in [1.29, 1.82) is 0 Å². The van der Waals surface area contributed by atoms with Gasteiger partial charge in [0.2, 0.25) is 5.75 Å². The Bertz CT molecular complexity index is 3190. The summed E-state index contributed by atoms with van der Waals surface area (Å²) in [6.45, 7) is 3.13. The Labute approximate surface area is 413 Å². The van der Waals surface area contributed by atoms with E-state index in [2.05, 4.69) is 76.4 Å². The van der Waals surface area contributed by atoms with E-state index < -0.39 is 23.4 Å². The smallest absolute Gasteiger partial charge is 0.204 e. The van der Waals surface area contributed by atoms with Gasteiger partial charge in [-0.1, -0.05) is 104 Å². The number of benzene rings is 5. The largest absolute Gasteiger partial charge is 0.508 e. The van der Waals surface area contributed by atoms with Gasteiger partial charge >= 0.3 is 0 Å². The highest BCUT2D eigenvalue weighted by atomic mass is 16.5. The maximum Gasteiger partial charge on any atom is 0.204 e. The van der Waals surface area contributed by atoms with E-state index in [1.165, 1.54) is 25.3 Å². The monoisotopic (exact) mass is 953 g/mol. The molecule has 1 saturated heterocycles. The molecule has 0 saturated carbocycles. The number of aromatic nitrogens is 1. The number of aryl methyl sites for hydroxylation is 1. The molecule has 8 bridgehead atoms. The molecule has 5 aromatic carbocycles. The highest BCUT2D eigenvalue weighted by molar-refractivity contribution is 5.94. The van der Waals surface area contributed by atoms with E-state index in [0.29, 0.717) is 36.9 Å². The number of phenolic OH excluding ortho intramolecular Hbond substituents is 1. The number of hydrogen-bond donors (Lipinski definition) is 6. The van der Waals surface area contributed by atoms with E-state index in [-0.39, 0.29) is 84.7 Å². The quantitative estimate of drug-likeness (QED) is 0.0690. The molecular weight excluding hydrogens is 895 g/mol. The number of rotatable bonds is 11. The molecule has 4 aliphatic rings. The third-order valence-electron chi connectivity index (χ3n) is 14.0. The number of aliphatic hydroxyl groups excluding tert-OH is 3. The molecule has 0 amide bonds. The van der Waals surface area contributed by atoms with Gasteiger partial charge < -0.3 is 54.3 Å². The number of H-pyrrole nitrogens is 1. The lowest BCUT2D eigenvalue weighted by molar-refractivity contribution is 0.156. The van der Waals surface area contributed by atoms with Crippen LogP contribution in [0, 0.1) is 17.8 Å². The van der Waals surface area contributed by atoms with Crippen LogP contribution in [0.15, 0.2) is 124 Å². The van der Waals surface area contributed by atoms with E-state index in [9.17, 15) is 25.2 Å². The number of methoxy groups -OCH3 is 1. The molecule has 0 unspecified atom stereocenters. The van der Waals surface area contributed by atoms with Crippen LogP contribution in [0.25, 0.3) is 39.5 Å². The molecular formula is C59H59N3O9. The summed E-state index contributed by atoms with van der Waals surface area (Å²) in [6.07, 6.45) is 5.09. The number of anilines is 1. The highest BCUT2D eigenvalue weighted by Crippen LogP contribution is 2.50. The summed E-state index contributed by atoms with van der Waals surface area (Å²) in [5.41, 5.74) is 8.73. The van der Waals surface area contributed by atoms with Crippen molar-refractivity contribution in [2.45, 2.75) is 69.7 Å². The van der Waals surface area contributed by atoms with Gasteiger partial charge in [-0.25, -0.2) is 0 Å². The molecule has 11 rings (SSSR count). The average molecular weight is 954 g/mol. The predicted octanol–water partition coefficient (Wildman–Crippen LogP) is 8.34. The number of hydrogen-bond acceptors (Lipinski definition) is 11. The van der Waals surface area contributed by atoms with Gasteiger partial charge in [-0.15, -0.1) is 0 Å². The summed E-state index contributed by atoms with van der Waals surface area (Å²) in [4.78, 5) is 21.2. The number of nitrogens with zero attached hydrogens (tertiary/aromatic N) is 1. The van der Waals surface area contributed by atoms with E-state index >= 15 is 0 Å². The van der Waals surface area contributed by atoms with E-state index in [0.717, 1.165) is 63.4 Å². The summed E-state index contributed by atoms with van der Waals surface area (Å²) in [7, 11) is 1.50. The van der Waals surface area contributed by atoms with Crippen molar-refractivity contribution in [2.75, 3.05) is 44.9 Å². The molecule has 0 radical (unpaired) electrons. The second-order valence-electron chi connectivity index (χ2n) is 18.7. The summed E-state index contributed by atoms with van der Waals surface area (Å²) in [5, 5.41) is 47.1. The second kappa shape index (κ2) is 21.0. The van der Waals surface area contributed by atoms with Crippen molar-refractivity contribution in [3.8, 4) is 57.3 Å². The van der Waals surface area contributed by atoms with Crippen molar-refractivity contribution >= 4 is 22.9 Å². The number of aliphatic hydroxyl groups is 3. The number of phenols is 1. The lowest BCUT2D eigenvalue weighted by Crippen LogP contribution is -2.58. The number of aromatic amines is 1. The molecule has 6 N–H and O–H groups in total. The van der Waals surface area contributed by atoms with Gasteiger partial charge in [-0.3, -0.25) is 4.79 Å². The average Bonchev–Trinajstić information content (AvgIpc) is 3.83. The molecule has 2 aromatic heterocycles. The van der Waals surface area contributed by atoms with E-state index in [1.807, 2.05) is 42.5 Å². The Morgan fingerprint density at radius 2 is 1.73 bits per heavy atom. The minimum Gasteiger partial charge on any atom is -0.508 e. The molecule has 364 valence electrons. The number of nitrogens with one attached hydrogen (secondary N) is 2. The van der Waals surface area contributed by atoms with Crippen molar-refractivity contribution in [3.63, 3.8) is 0 Å². The number of piperazine rings is 1. The molecule has 5 atom stereocenters. The van der Waals surface area contributed by atoms with Crippen LogP contribution in [-0.2, 0) is 32.3 Å². The van der Waals surface area contributed by atoms with Gasteiger partial charge in [0.15, 0.2) is 22.5 Å². The first-order valence-corrected chi connectivity index (χ1v) is 24.5. The number of ether oxygens (including phenoxy) is 3. The van der Waals surface area contributed by atoms with Gasteiger partial charge in [0, 0.05) is 54.9 Å². The molecule has 71 heavy (non-hydrogen) atoms. The van der Waals surface area contributed by atoms with Crippen LogP contribution in [0.3, 0.4) is 0 Å². The Morgan fingerprint density at radius 3 is 2.52 bits per heavy atom. The SMILES string of the molecule is CCc1cc2c([nH]1)N1CCN[C@H]3C#C[C@@H](Cc4cccc-2c4)c2c(c(OC)c(OCC[C@@H](O)/C=C/c4ccccc4)c4c(=O)cc(-c5ccc(O)cc5)oc24)OC[C@H](CO)Cc2ccc(cc2CO)C[C@H]31. The van der Waals surface area contributed by atoms with Gasteiger partial charge in [0.1, 0.15) is 22.7 Å². The normalized spacial score (nSPS) is 19.0. The maximum absolute atomic E-state index is 14.9. The minimum absolute atomic E-state index is 0.00888. The fourth-order valence-corrected chi connectivity index (χ4v) is 10.3. The molecule has 0 aliphatic carbocycles. The summed E-state index contributed by atoms with van der Waals surface area (Å²) in [5.74, 6) is 8.19. The Kier molecular flexibility index (Phi) is 14.0. The minimum atomic E-state index is -0.874. The maximum atomic E-state index is 14.9. The fourth-order valence-electron chi connectivity index (χ4n) is 10.3. The summed E-state index contributed by atoms with van der Waals surface area (Å²) in [6, 6.07) is 34.0. The molecule has 12 nitrogen and oxygen atoms in total. The van der Waals surface area contributed by atoms with Crippen molar-refractivity contribution < 1.29 is 39.1 Å². The van der Waals surface area contributed by atoms with E-state index in [1.54, 1.807) is 18.2 Å². The zero-order valence-electron chi connectivity index (χ0n) is 40.0. The topological polar surface area (TPSA) is 170 Å². The highest BCUT2D eigenvalue weighted by Gasteiger charge is 2.36. The van der Waals surface area contributed by atoms with Gasteiger partial charge in [0.05, 0.1) is 56.6 Å². The molecule has 1 fully saturated rings. The predicted molar refractivity (Wildman–Crippen MR) is 276 cm³/mol. The Balaban J connectivity index is 1.22. The fraction of sp³-hybridized carbons (Fsp3) is 0.305. The van der Waals surface area contributed by atoms with E-state index in [4.69, 9.17) is 18.6 Å². The number of fused-ring (bicyclic) bond motifs is 11. The summed E-state index contributed by atoms with van der Waals surface area (Å²) >= 11 is 0. The molecule has 4 aliphatic heterocycles. The third-order valence-corrected chi connectivity index (χ3v) is 14.0. The lowest BCUT2D eigenvalue weighted by Gasteiger charge is -2.42. The van der Waals surface area contributed by atoms with Crippen LogP contribution in [0.4, 0.5) is 5.82 Å². The summed E-state index contributed by atoms with van der Waals surface area (Å²) < 4.78 is 26.9. The van der Waals surface area contributed by atoms with Crippen LogP contribution in [0.2, 0.25) is 0 Å². The van der Waals surface area contributed by atoms with Gasteiger partial charge in [-0.2, -0.15) is 0 Å². The third kappa shape index (κ3) is 9.92. The molecule has 6 heterocycles. The number of aromatic hydroxyl groups is 1. The molecule has 12 heteroatoms. The van der Waals surface area contributed by atoms with Crippen molar-refractivity contribution in [1.82, 2.24) is 10.3 Å². The van der Waals surface area contributed by atoms with Gasteiger partial charge in [0.25, 0.3) is 0 Å².